The van der Waals surface area contributed by atoms with Gasteiger partial charge >= 0.3 is 6.09 Å². The van der Waals surface area contributed by atoms with E-state index >= 15 is 0 Å². The van der Waals surface area contributed by atoms with Crippen LogP contribution in [0.25, 0.3) is 0 Å². The molecule has 0 spiro atoms. The van der Waals surface area contributed by atoms with Crippen LogP contribution in [0, 0.1) is 0 Å². The first-order valence-corrected chi connectivity index (χ1v) is 7.79. The zero-order valence-electron chi connectivity index (χ0n) is 13.8. The summed E-state index contributed by atoms with van der Waals surface area (Å²) < 4.78 is 10.0. The van der Waals surface area contributed by atoms with Crippen LogP contribution in [0.2, 0.25) is 5.02 Å². The molecule has 1 aromatic carbocycles. The molecule has 8 heteroatoms. The van der Waals surface area contributed by atoms with Crippen LogP contribution in [0.5, 0.6) is 5.75 Å². The van der Waals surface area contributed by atoms with Crippen molar-refractivity contribution in [3.63, 3.8) is 0 Å². The molecule has 0 radical (unpaired) electrons. The van der Waals surface area contributed by atoms with Crippen molar-refractivity contribution in [2.75, 3.05) is 19.5 Å². The number of nitrogens with two attached hydrogens (primary N) is 1. The number of benzene rings is 1. The predicted octanol–water partition coefficient (Wildman–Crippen LogP) is 3.04. The molecule has 1 aliphatic rings. The third-order valence-corrected chi connectivity index (χ3v) is 3.59. The first kappa shape index (κ1) is 18.4. The average Bonchev–Trinajstić information content (AvgIpc) is 2.62. The van der Waals surface area contributed by atoms with Gasteiger partial charge in [-0.15, -0.1) is 0 Å². The minimum Gasteiger partial charge on any atom is -0.496 e. The molecule has 7 nitrogen and oxygen atoms in total. The number of hydrogen-bond donors (Lipinski definition) is 2. The Morgan fingerprint density at radius 3 is 2.60 bits per heavy atom. The molecular weight excluding hydrogens is 346 g/mol. The zero-order valence-corrected chi connectivity index (χ0v) is 14.5. The third-order valence-electron chi connectivity index (χ3n) is 3.27. The maximum atomic E-state index is 12.3. The lowest BCUT2D eigenvalue weighted by molar-refractivity contribution is 0.0966. The van der Waals surface area contributed by atoms with E-state index in [1.165, 1.54) is 42.7 Å². The van der Waals surface area contributed by atoms with Crippen molar-refractivity contribution in [1.82, 2.24) is 10.2 Å². The number of hydrogen-bond acceptors (Lipinski definition) is 5. The van der Waals surface area contributed by atoms with Gasteiger partial charge in [-0.1, -0.05) is 11.6 Å². The molecule has 0 unspecified atom stereocenters. The quantitative estimate of drug-likeness (QED) is 0.802. The van der Waals surface area contributed by atoms with Crippen LogP contribution in [-0.4, -0.2) is 30.6 Å². The summed E-state index contributed by atoms with van der Waals surface area (Å²) in [5.74, 6) is -0.0816. The van der Waals surface area contributed by atoms with E-state index < -0.39 is 12.0 Å². The summed E-state index contributed by atoms with van der Waals surface area (Å²) in [7, 11) is 1.44. The molecule has 1 aliphatic heterocycles. The van der Waals surface area contributed by atoms with Crippen molar-refractivity contribution >= 4 is 29.3 Å². The molecule has 1 aromatic rings. The Bertz CT molecular complexity index is 755. The second kappa shape index (κ2) is 8.25. The number of allylic oxidation sites excluding steroid dienone is 3. The number of methoxy groups -OCH3 is 1. The van der Waals surface area contributed by atoms with E-state index in [-0.39, 0.29) is 10.6 Å². The summed E-state index contributed by atoms with van der Waals surface area (Å²) in [4.78, 5) is 25.2. The van der Waals surface area contributed by atoms with E-state index in [0.717, 1.165) is 0 Å². The summed E-state index contributed by atoms with van der Waals surface area (Å²) in [6.07, 6.45) is 7.42. The largest absolute Gasteiger partial charge is 0.496 e. The molecular formula is C17H18ClN3O4. The number of anilines is 1. The number of nitrogens with one attached hydrogen (secondary N) is 1. The smallest absolute Gasteiger partial charge is 0.417 e. The molecule has 0 saturated carbocycles. The van der Waals surface area contributed by atoms with Crippen LogP contribution in [0.4, 0.5) is 10.5 Å². The summed E-state index contributed by atoms with van der Waals surface area (Å²) in [6.45, 7) is 2.02. The van der Waals surface area contributed by atoms with Crippen LogP contribution in [0.3, 0.4) is 0 Å². The Hall–Kier alpha value is -2.93. The van der Waals surface area contributed by atoms with Crippen molar-refractivity contribution < 1.29 is 19.1 Å². The van der Waals surface area contributed by atoms with Gasteiger partial charge in [0.1, 0.15) is 5.75 Å². The second-order valence-corrected chi connectivity index (χ2v) is 5.34. The Morgan fingerprint density at radius 1 is 1.32 bits per heavy atom. The standard InChI is InChI=1S/C17H18ClN3O4/c1-3-25-17(23)21-6-4-11(5-7-21)10-20-16(22)12-8-13(18)14(19)9-15(12)24-2/h4-10H,3,19H2,1-2H3,(H,20,22). The lowest BCUT2D eigenvalue weighted by Crippen LogP contribution is -2.23. The van der Waals surface area contributed by atoms with Gasteiger partial charge in [-0.2, -0.15) is 0 Å². The fourth-order valence-corrected chi connectivity index (χ4v) is 2.16. The number of nitrogens with zero attached hydrogens (tertiary/aromatic N) is 1. The van der Waals surface area contributed by atoms with E-state index in [1.807, 2.05) is 0 Å². The van der Waals surface area contributed by atoms with E-state index in [1.54, 1.807) is 19.1 Å². The van der Waals surface area contributed by atoms with E-state index in [4.69, 9.17) is 26.8 Å². The number of nitrogen functional groups attached to an aromatic ring is 1. The number of rotatable bonds is 4. The molecule has 132 valence electrons. The molecule has 0 aliphatic carbocycles. The minimum absolute atomic E-state index is 0.260. The van der Waals surface area contributed by atoms with Crippen molar-refractivity contribution in [3.05, 3.63) is 59.0 Å². The van der Waals surface area contributed by atoms with Crippen molar-refractivity contribution in [2.24, 2.45) is 0 Å². The van der Waals surface area contributed by atoms with Crippen molar-refractivity contribution in [2.45, 2.75) is 6.92 Å². The minimum atomic E-state index is -0.473. The number of carbonyl (C=O) groups excluding carboxylic acids is 2. The van der Waals surface area contributed by atoms with E-state index in [0.29, 0.717) is 23.6 Å². The molecule has 1 heterocycles. The molecule has 0 aromatic heterocycles. The van der Waals surface area contributed by atoms with Crippen molar-refractivity contribution in [1.29, 1.82) is 0 Å². The Morgan fingerprint density at radius 2 is 2.00 bits per heavy atom. The highest BCUT2D eigenvalue weighted by molar-refractivity contribution is 6.33. The van der Waals surface area contributed by atoms with Gasteiger partial charge in [0.2, 0.25) is 0 Å². The molecule has 0 bridgehead atoms. The molecule has 0 atom stereocenters. The first-order valence-electron chi connectivity index (χ1n) is 7.41. The fourth-order valence-electron chi connectivity index (χ4n) is 2.00. The monoisotopic (exact) mass is 363 g/mol. The van der Waals surface area contributed by atoms with Crippen LogP contribution >= 0.6 is 11.6 Å². The highest BCUT2D eigenvalue weighted by Gasteiger charge is 2.15. The molecule has 0 saturated heterocycles. The topological polar surface area (TPSA) is 93.9 Å². The van der Waals surface area contributed by atoms with Crippen molar-refractivity contribution in [3.8, 4) is 5.75 Å². The van der Waals surface area contributed by atoms with Crippen LogP contribution in [0.15, 0.2) is 48.5 Å². The van der Waals surface area contributed by atoms with E-state index in [9.17, 15) is 9.59 Å². The SMILES string of the molecule is CCOC(=O)N1C=CC(=CNC(=O)c2cc(Cl)c(N)cc2OC)C=C1. The number of carbonyl (C=O) groups is 2. The third kappa shape index (κ3) is 4.54. The molecule has 25 heavy (non-hydrogen) atoms. The summed E-state index contributed by atoms with van der Waals surface area (Å²) >= 11 is 5.96. The van der Waals surface area contributed by atoms with Gasteiger partial charge < -0.3 is 20.5 Å². The molecule has 2 rings (SSSR count). The summed E-state index contributed by atoms with van der Waals surface area (Å²) in [5.41, 5.74) is 6.97. The normalized spacial score (nSPS) is 12.8. The van der Waals surface area contributed by atoms with Crippen LogP contribution in [-0.2, 0) is 4.74 Å². The molecule has 0 fully saturated rings. The highest BCUT2D eigenvalue weighted by atomic mass is 35.5. The highest BCUT2D eigenvalue weighted by Crippen LogP contribution is 2.28. The Balaban J connectivity index is 2.07. The molecule has 2 amide bonds. The van der Waals surface area contributed by atoms with Gasteiger partial charge in [-0.05, 0) is 30.7 Å². The summed E-state index contributed by atoms with van der Waals surface area (Å²) in [5, 5.41) is 2.91. The fraction of sp³-hybridized carbons (Fsp3) is 0.176. The van der Waals surface area contributed by atoms with Gasteiger partial charge in [0.15, 0.2) is 0 Å². The van der Waals surface area contributed by atoms with E-state index in [2.05, 4.69) is 5.32 Å². The summed E-state index contributed by atoms with van der Waals surface area (Å²) in [6, 6.07) is 2.93. The average molecular weight is 364 g/mol. The van der Waals surface area contributed by atoms with Gasteiger partial charge in [-0.25, -0.2) is 4.79 Å². The lowest BCUT2D eigenvalue weighted by Gasteiger charge is -2.16. The second-order valence-electron chi connectivity index (χ2n) is 4.93. The lowest BCUT2D eigenvalue weighted by atomic mass is 10.1. The number of amides is 2. The van der Waals surface area contributed by atoms with Gasteiger partial charge in [0.05, 0.1) is 30.0 Å². The molecule has 3 N–H and O–H groups in total. The first-order chi connectivity index (χ1) is 12.0. The maximum Gasteiger partial charge on any atom is 0.417 e. The number of ether oxygens (including phenoxy) is 2. The van der Waals surface area contributed by atoms with Crippen LogP contribution < -0.4 is 15.8 Å². The van der Waals surface area contributed by atoms with Crippen LogP contribution in [0.1, 0.15) is 17.3 Å². The van der Waals surface area contributed by atoms with Gasteiger partial charge in [0, 0.05) is 24.7 Å². The predicted molar refractivity (Wildman–Crippen MR) is 95.1 cm³/mol. The maximum absolute atomic E-state index is 12.3. The zero-order chi connectivity index (χ0) is 18.4. The van der Waals surface area contributed by atoms with Gasteiger partial charge in [-0.3, -0.25) is 9.69 Å². The van der Waals surface area contributed by atoms with Gasteiger partial charge in [0.25, 0.3) is 5.91 Å². The number of halogens is 1. The Labute approximate surface area is 150 Å². The Kier molecular flexibility index (Phi) is 6.08.